The number of rotatable bonds is 5. The molecule has 0 aliphatic carbocycles. The number of nitrogens with zero attached hydrogens (tertiary/aromatic N) is 4. The van der Waals surface area contributed by atoms with E-state index in [1.807, 2.05) is 0 Å². The Balaban J connectivity index is 1.40. The van der Waals surface area contributed by atoms with Gasteiger partial charge in [-0.05, 0) is 40.8 Å². The molecule has 1 aliphatic heterocycles. The van der Waals surface area contributed by atoms with Gasteiger partial charge in [-0.2, -0.15) is 4.68 Å². The Kier molecular flexibility index (Phi) is 4.88. The highest BCUT2D eigenvalue weighted by Crippen LogP contribution is 2.32. The maximum atomic E-state index is 13.4. The summed E-state index contributed by atoms with van der Waals surface area (Å²) in [6, 6.07) is 11.1. The molecule has 4 rings (SSSR count). The van der Waals surface area contributed by atoms with Crippen LogP contribution in [-0.4, -0.2) is 45.1 Å². The summed E-state index contributed by atoms with van der Waals surface area (Å²) >= 11 is 1.15. The molecule has 0 atom stereocenters. The van der Waals surface area contributed by atoms with Crippen LogP contribution in [0, 0.1) is 5.82 Å². The third kappa shape index (κ3) is 4.00. The molecular formula is C17H14FN5O3S. The molecule has 0 unspecified atom stereocenters. The lowest BCUT2D eigenvalue weighted by atomic mass is 10.2. The van der Waals surface area contributed by atoms with Gasteiger partial charge < -0.3 is 14.8 Å². The van der Waals surface area contributed by atoms with Crippen molar-refractivity contribution >= 4 is 23.4 Å². The van der Waals surface area contributed by atoms with Crippen molar-refractivity contribution in [2.24, 2.45) is 0 Å². The van der Waals surface area contributed by atoms with E-state index < -0.39 is 5.82 Å². The molecule has 10 heteroatoms. The van der Waals surface area contributed by atoms with Crippen LogP contribution in [0.4, 0.5) is 10.1 Å². The van der Waals surface area contributed by atoms with E-state index in [1.54, 1.807) is 30.3 Å². The zero-order valence-corrected chi connectivity index (χ0v) is 14.8. The van der Waals surface area contributed by atoms with Gasteiger partial charge in [0.15, 0.2) is 11.5 Å². The Morgan fingerprint density at radius 1 is 1.19 bits per heavy atom. The summed E-state index contributed by atoms with van der Waals surface area (Å²) in [5, 5.41) is 14.5. The standard InChI is InChI=1S/C17H14FN5O3S/c18-11-2-1-3-13(8-11)23-17(20-21-22-23)27-10-16(24)19-12-4-5-14-15(9-12)26-7-6-25-14/h1-5,8-9H,6-7,10H2,(H,19,24). The summed E-state index contributed by atoms with van der Waals surface area (Å²) in [4.78, 5) is 12.2. The van der Waals surface area contributed by atoms with E-state index in [2.05, 4.69) is 20.8 Å². The highest BCUT2D eigenvalue weighted by atomic mass is 32.2. The Morgan fingerprint density at radius 3 is 2.89 bits per heavy atom. The first-order valence-corrected chi connectivity index (χ1v) is 9.04. The molecule has 27 heavy (non-hydrogen) atoms. The summed E-state index contributed by atoms with van der Waals surface area (Å²) in [6.07, 6.45) is 0. The number of aromatic nitrogens is 4. The van der Waals surface area contributed by atoms with E-state index in [-0.39, 0.29) is 11.7 Å². The molecule has 2 heterocycles. The summed E-state index contributed by atoms with van der Waals surface area (Å²) in [5.41, 5.74) is 1.09. The van der Waals surface area contributed by atoms with Crippen LogP contribution in [-0.2, 0) is 4.79 Å². The predicted molar refractivity (Wildman–Crippen MR) is 95.9 cm³/mol. The van der Waals surface area contributed by atoms with Crippen molar-refractivity contribution in [3.05, 3.63) is 48.3 Å². The smallest absolute Gasteiger partial charge is 0.234 e. The fraction of sp³-hybridized carbons (Fsp3) is 0.176. The first kappa shape index (κ1) is 17.3. The average molecular weight is 387 g/mol. The molecule has 138 valence electrons. The van der Waals surface area contributed by atoms with Crippen molar-refractivity contribution in [2.75, 3.05) is 24.3 Å². The topological polar surface area (TPSA) is 91.2 Å². The lowest BCUT2D eigenvalue weighted by Gasteiger charge is -2.18. The Labute approximate surface area is 157 Å². The van der Waals surface area contributed by atoms with Gasteiger partial charge in [0, 0.05) is 11.8 Å². The van der Waals surface area contributed by atoms with E-state index in [4.69, 9.17) is 9.47 Å². The number of benzene rings is 2. The number of thioether (sulfide) groups is 1. The monoisotopic (exact) mass is 387 g/mol. The number of ether oxygens (including phenoxy) is 2. The zero-order valence-electron chi connectivity index (χ0n) is 14.0. The molecule has 0 saturated heterocycles. The Hall–Kier alpha value is -3.14. The maximum Gasteiger partial charge on any atom is 0.234 e. The largest absolute Gasteiger partial charge is 0.486 e. The van der Waals surface area contributed by atoms with Crippen LogP contribution >= 0.6 is 11.8 Å². The molecule has 3 aromatic rings. The van der Waals surface area contributed by atoms with Gasteiger partial charge in [0.1, 0.15) is 19.0 Å². The van der Waals surface area contributed by atoms with Crippen LogP contribution in [0.15, 0.2) is 47.6 Å². The summed E-state index contributed by atoms with van der Waals surface area (Å²) in [6.45, 7) is 0.984. The number of amides is 1. The molecule has 1 aromatic heterocycles. The van der Waals surface area contributed by atoms with Gasteiger partial charge in [-0.15, -0.1) is 5.10 Å². The first-order valence-electron chi connectivity index (χ1n) is 8.06. The number of halogens is 1. The van der Waals surface area contributed by atoms with Crippen LogP contribution in [0.2, 0.25) is 0 Å². The van der Waals surface area contributed by atoms with Gasteiger partial charge >= 0.3 is 0 Å². The van der Waals surface area contributed by atoms with Crippen LogP contribution in [0.5, 0.6) is 11.5 Å². The van der Waals surface area contributed by atoms with Crippen LogP contribution in [0.25, 0.3) is 5.69 Å². The predicted octanol–water partition coefficient (Wildman–Crippen LogP) is 2.30. The Morgan fingerprint density at radius 2 is 2.04 bits per heavy atom. The number of tetrazole rings is 1. The summed E-state index contributed by atoms with van der Waals surface area (Å²) in [5.74, 6) is 0.717. The second-order valence-electron chi connectivity index (χ2n) is 5.55. The minimum atomic E-state index is -0.393. The van der Waals surface area contributed by atoms with Crippen molar-refractivity contribution in [2.45, 2.75) is 5.16 Å². The number of carbonyl (C=O) groups excluding carboxylic acids is 1. The maximum absolute atomic E-state index is 13.4. The molecule has 0 bridgehead atoms. The molecule has 1 N–H and O–H groups in total. The molecule has 0 fully saturated rings. The van der Waals surface area contributed by atoms with Gasteiger partial charge in [0.05, 0.1) is 11.4 Å². The second kappa shape index (κ2) is 7.62. The fourth-order valence-corrected chi connectivity index (χ4v) is 3.18. The molecule has 1 aliphatic rings. The SMILES string of the molecule is O=C(CSc1nnnn1-c1cccc(F)c1)Nc1ccc2c(c1)OCCO2. The van der Waals surface area contributed by atoms with Crippen LogP contribution in [0.1, 0.15) is 0 Å². The molecule has 0 spiro atoms. The van der Waals surface area contributed by atoms with Gasteiger partial charge in [0.25, 0.3) is 0 Å². The van der Waals surface area contributed by atoms with E-state index in [9.17, 15) is 9.18 Å². The van der Waals surface area contributed by atoms with Crippen molar-refractivity contribution in [1.29, 1.82) is 0 Å². The van der Waals surface area contributed by atoms with Crippen molar-refractivity contribution in [1.82, 2.24) is 20.2 Å². The Bertz CT molecular complexity index is 981. The normalized spacial score (nSPS) is 12.6. The molecule has 2 aromatic carbocycles. The summed E-state index contributed by atoms with van der Waals surface area (Å²) < 4.78 is 25.7. The first-order chi connectivity index (χ1) is 13.2. The summed E-state index contributed by atoms with van der Waals surface area (Å²) in [7, 11) is 0. The van der Waals surface area contributed by atoms with Gasteiger partial charge in [0.2, 0.25) is 11.1 Å². The third-order valence-electron chi connectivity index (χ3n) is 3.65. The molecule has 1 amide bonds. The second-order valence-corrected chi connectivity index (χ2v) is 6.49. The zero-order chi connectivity index (χ0) is 18.6. The van der Waals surface area contributed by atoms with Crippen molar-refractivity contribution < 1.29 is 18.7 Å². The minimum absolute atomic E-state index is 0.0874. The van der Waals surface area contributed by atoms with Crippen LogP contribution in [0.3, 0.4) is 0 Å². The quantitative estimate of drug-likeness (QED) is 0.672. The van der Waals surface area contributed by atoms with Gasteiger partial charge in [-0.3, -0.25) is 4.79 Å². The average Bonchev–Trinajstić information content (AvgIpc) is 3.15. The minimum Gasteiger partial charge on any atom is -0.486 e. The van der Waals surface area contributed by atoms with Crippen molar-refractivity contribution in [3.8, 4) is 17.2 Å². The molecular weight excluding hydrogens is 373 g/mol. The number of anilines is 1. The number of hydrogen-bond acceptors (Lipinski definition) is 7. The van der Waals surface area contributed by atoms with E-state index in [0.717, 1.165) is 11.8 Å². The number of carbonyl (C=O) groups is 1. The van der Waals surface area contributed by atoms with Crippen LogP contribution < -0.4 is 14.8 Å². The van der Waals surface area contributed by atoms with E-state index in [0.29, 0.717) is 41.2 Å². The number of nitrogens with one attached hydrogen (secondary N) is 1. The molecule has 0 radical (unpaired) electrons. The fourth-order valence-electron chi connectivity index (χ4n) is 2.49. The van der Waals surface area contributed by atoms with Crippen molar-refractivity contribution in [3.63, 3.8) is 0 Å². The highest BCUT2D eigenvalue weighted by molar-refractivity contribution is 7.99. The van der Waals surface area contributed by atoms with Gasteiger partial charge in [-0.1, -0.05) is 17.8 Å². The lowest BCUT2D eigenvalue weighted by molar-refractivity contribution is -0.113. The number of hydrogen-bond donors (Lipinski definition) is 1. The lowest BCUT2D eigenvalue weighted by Crippen LogP contribution is -2.17. The highest BCUT2D eigenvalue weighted by Gasteiger charge is 2.15. The van der Waals surface area contributed by atoms with E-state index >= 15 is 0 Å². The molecule has 8 nitrogen and oxygen atoms in total. The van der Waals surface area contributed by atoms with E-state index in [1.165, 1.54) is 16.8 Å². The molecule has 0 saturated carbocycles. The third-order valence-corrected chi connectivity index (χ3v) is 4.57. The van der Waals surface area contributed by atoms with Gasteiger partial charge in [-0.25, -0.2) is 4.39 Å². The number of fused-ring (bicyclic) bond motifs is 1.